The van der Waals surface area contributed by atoms with E-state index in [9.17, 15) is 0 Å². The molecule has 0 amide bonds. The summed E-state index contributed by atoms with van der Waals surface area (Å²) in [4.78, 5) is 11.6. The monoisotopic (exact) mass is 431 g/mol. The Morgan fingerprint density at radius 1 is 1.09 bits per heavy atom. The number of rotatable bonds is 7. The molecule has 6 nitrogen and oxygen atoms in total. The Hall–Kier alpha value is -3.12. The van der Waals surface area contributed by atoms with Gasteiger partial charge in [0.05, 0.1) is 6.20 Å². The fourth-order valence-electron chi connectivity index (χ4n) is 3.97. The van der Waals surface area contributed by atoms with Gasteiger partial charge in [0.2, 0.25) is 5.89 Å². The van der Waals surface area contributed by atoms with E-state index < -0.39 is 0 Å². The highest BCUT2D eigenvalue weighted by atomic mass is 16.4. The van der Waals surface area contributed by atoms with Gasteiger partial charge in [-0.15, -0.1) is 0 Å². The third-order valence-corrected chi connectivity index (χ3v) is 5.78. The first-order valence-electron chi connectivity index (χ1n) is 11.5. The molecule has 2 N–H and O–H groups in total. The molecule has 2 aromatic carbocycles. The maximum Gasteiger partial charge on any atom is 0.216 e. The van der Waals surface area contributed by atoms with Crippen molar-refractivity contribution in [2.45, 2.75) is 45.8 Å². The van der Waals surface area contributed by atoms with Crippen molar-refractivity contribution in [3.63, 3.8) is 0 Å². The number of nitrogens with zero attached hydrogens (tertiary/aromatic N) is 3. The first-order valence-corrected chi connectivity index (χ1v) is 11.5. The molecule has 0 radical (unpaired) electrons. The van der Waals surface area contributed by atoms with Crippen LogP contribution in [0.1, 0.15) is 36.8 Å². The van der Waals surface area contributed by atoms with Gasteiger partial charge in [-0.1, -0.05) is 60.2 Å². The van der Waals surface area contributed by atoms with Crippen LogP contribution in [0.5, 0.6) is 0 Å². The van der Waals surface area contributed by atoms with Crippen LogP contribution >= 0.6 is 0 Å². The summed E-state index contributed by atoms with van der Waals surface area (Å²) in [5.41, 5.74) is 3.64. The summed E-state index contributed by atoms with van der Waals surface area (Å²) in [5, 5.41) is 6.95. The molecule has 1 aliphatic rings. The number of oxazole rings is 1. The first kappa shape index (κ1) is 22.1. The molecule has 4 rings (SSSR count). The average Bonchev–Trinajstić information content (AvgIpc) is 3.29. The molecule has 168 valence electrons. The summed E-state index contributed by atoms with van der Waals surface area (Å²) in [5.74, 6) is 2.22. The van der Waals surface area contributed by atoms with Crippen molar-refractivity contribution in [2.24, 2.45) is 4.99 Å². The highest BCUT2D eigenvalue weighted by Gasteiger charge is 2.20. The van der Waals surface area contributed by atoms with Crippen LogP contribution in [0.3, 0.4) is 0 Å². The zero-order valence-corrected chi connectivity index (χ0v) is 19.1. The van der Waals surface area contributed by atoms with Crippen molar-refractivity contribution in [1.29, 1.82) is 0 Å². The number of aryl methyl sites for hydroxylation is 1. The Bertz CT molecular complexity index is 989. The van der Waals surface area contributed by atoms with E-state index in [1.54, 1.807) is 6.20 Å². The first-order chi connectivity index (χ1) is 15.7. The molecule has 0 unspecified atom stereocenters. The predicted octanol–water partition coefficient (Wildman–Crippen LogP) is 4.37. The molecule has 0 saturated carbocycles. The second-order valence-electron chi connectivity index (χ2n) is 8.36. The van der Waals surface area contributed by atoms with E-state index in [2.05, 4.69) is 89.0 Å². The van der Waals surface area contributed by atoms with E-state index in [1.165, 1.54) is 11.1 Å². The van der Waals surface area contributed by atoms with Crippen LogP contribution in [0.4, 0.5) is 0 Å². The third-order valence-electron chi connectivity index (χ3n) is 5.78. The van der Waals surface area contributed by atoms with E-state index in [0.717, 1.165) is 56.3 Å². The lowest BCUT2D eigenvalue weighted by Gasteiger charge is -2.33. The Morgan fingerprint density at radius 3 is 2.56 bits per heavy atom. The van der Waals surface area contributed by atoms with E-state index >= 15 is 0 Å². The second kappa shape index (κ2) is 11.0. The number of hydrogen-bond donors (Lipinski definition) is 2. The molecule has 2 heterocycles. The summed E-state index contributed by atoms with van der Waals surface area (Å²) >= 11 is 0. The molecular weight excluding hydrogens is 398 g/mol. The lowest BCUT2D eigenvalue weighted by molar-refractivity contribution is 0.198. The maximum absolute atomic E-state index is 5.92. The molecule has 0 bridgehead atoms. The highest BCUT2D eigenvalue weighted by Crippen LogP contribution is 2.21. The van der Waals surface area contributed by atoms with Crippen LogP contribution in [-0.2, 0) is 13.1 Å². The Balaban J connectivity index is 1.29. The summed E-state index contributed by atoms with van der Waals surface area (Å²) in [6, 6.07) is 19.4. The molecule has 3 aromatic rings. The summed E-state index contributed by atoms with van der Waals surface area (Å²) in [7, 11) is 0. The third kappa shape index (κ3) is 6.20. The number of hydrogen-bond acceptors (Lipinski definition) is 4. The molecular formula is C26H33N5O. The quantitative estimate of drug-likeness (QED) is 0.430. The molecule has 1 aromatic heterocycles. The summed E-state index contributed by atoms with van der Waals surface area (Å²) < 4.78 is 5.92. The van der Waals surface area contributed by atoms with Crippen LogP contribution in [0.15, 0.2) is 70.2 Å². The molecule has 1 fully saturated rings. The van der Waals surface area contributed by atoms with Crippen LogP contribution in [0.2, 0.25) is 0 Å². The molecule has 0 atom stereocenters. The fourth-order valence-corrected chi connectivity index (χ4v) is 3.97. The van der Waals surface area contributed by atoms with Crippen LogP contribution in [0.25, 0.3) is 11.3 Å². The van der Waals surface area contributed by atoms with Gasteiger partial charge in [-0.2, -0.15) is 0 Å². The number of aromatic nitrogens is 1. The van der Waals surface area contributed by atoms with Gasteiger partial charge >= 0.3 is 0 Å². The minimum atomic E-state index is 0.411. The molecule has 1 saturated heterocycles. The normalized spacial score (nSPS) is 15.6. The Kier molecular flexibility index (Phi) is 7.56. The molecule has 32 heavy (non-hydrogen) atoms. The summed E-state index contributed by atoms with van der Waals surface area (Å²) in [6.45, 7) is 8.59. The van der Waals surface area contributed by atoms with Crippen LogP contribution in [-0.4, -0.2) is 41.5 Å². The van der Waals surface area contributed by atoms with Gasteiger partial charge in [-0.05, 0) is 32.3 Å². The molecule has 6 heteroatoms. The highest BCUT2D eigenvalue weighted by molar-refractivity contribution is 5.80. The number of guanidine groups is 1. The Morgan fingerprint density at radius 2 is 1.84 bits per heavy atom. The van der Waals surface area contributed by atoms with Crippen molar-refractivity contribution < 1.29 is 4.42 Å². The lowest BCUT2D eigenvalue weighted by atomic mass is 10.0. The van der Waals surface area contributed by atoms with E-state index in [-0.39, 0.29) is 0 Å². The van der Waals surface area contributed by atoms with E-state index in [1.807, 2.05) is 0 Å². The largest absolute Gasteiger partial charge is 0.439 e. The number of nitrogens with one attached hydrogen (secondary N) is 2. The second-order valence-corrected chi connectivity index (χ2v) is 8.36. The number of likely N-dealkylation sites (tertiary alicyclic amines) is 1. The van der Waals surface area contributed by atoms with Crippen LogP contribution < -0.4 is 10.6 Å². The Labute approximate surface area is 190 Å². The number of benzene rings is 2. The number of aliphatic imine (C=N–C) groups is 1. The molecule has 0 spiro atoms. The summed E-state index contributed by atoms with van der Waals surface area (Å²) in [6.07, 6.45) is 3.99. The predicted molar refractivity (Wildman–Crippen MR) is 129 cm³/mol. The zero-order chi connectivity index (χ0) is 22.2. The smallest absolute Gasteiger partial charge is 0.216 e. The minimum Gasteiger partial charge on any atom is -0.439 e. The van der Waals surface area contributed by atoms with Gasteiger partial charge < -0.3 is 15.1 Å². The van der Waals surface area contributed by atoms with E-state index in [4.69, 9.17) is 9.41 Å². The van der Waals surface area contributed by atoms with Crippen molar-refractivity contribution in [3.8, 4) is 11.3 Å². The van der Waals surface area contributed by atoms with Crippen molar-refractivity contribution in [2.75, 3.05) is 19.6 Å². The lowest BCUT2D eigenvalue weighted by Crippen LogP contribution is -2.48. The van der Waals surface area contributed by atoms with Gasteiger partial charge in [0.1, 0.15) is 6.54 Å². The van der Waals surface area contributed by atoms with Gasteiger partial charge in [0.15, 0.2) is 11.7 Å². The fraction of sp³-hybridized carbons (Fsp3) is 0.385. The average molecular weight is 432 g/mol. The standard InChI is InChI=1S/C26H33N5O/c1-3-27-26(29-18-25-28-17-24(32-25)22-11-9-20(2)10-12-22)30-23-13-15-31(16-14-23)19-21-7-5-4-6-8-21/h4-12,17,23H,3,13-16,18-19H2,1-2H3,(H2,27,29,30). The maximum atomic E-state index is 5.92. The van der Waals surface area contributed by atoms with E-state index in [0.29, 0.717) is 18.5 Å². The SMILES string of the molecule is CCNC(=NCc1ncc(-c2ccc(C)cc2)o1)NC1CCN(Cc2ccccc2)CC1. The van der Waals surface area contributed by atoms with Gasteiger partial charge in [-0.25, -0.2) is 9.98 Å². The van der Waals surface area contributed by atoms with Gasteiger partial charge in [0.25, 0.3) is 0 Å². The van der Waals surface area contributed by atoms with Crippen molar-refractivity contribution in [1.82, 2.24) is 20.5 Å². The van der Waals surface area contributed by atoms with Crippen molar-refractivity contribution >= 4 is 5.96 Å². The zero-order valence-electron chi connectivity index (χ0n) is 19.1. The topological polar surface area (TPSA) is 65.7 Å². The van der Waals surface area contributed by atoms with Gasteiger partial charge in [-0.3, -0.25) is 4.90 Å². The molecule has 0 aliphatic carbocycles. The van der Waals surface area contributed by atoms with Crippen molar-refractivity contribution in [3.05, 3.63) is 77.8 Å². The molecule has 1 aliphatic heterocycles. The van der Waals surface area contributed by atoms with Gasteiger partial charge in [0, 0.05) is 37.8 Å². The minimum absolute atomic E-state index is 0.411. The van der Waals surface area contributed by atoms with Crippen LogP contribution in [0, 0.1) is 6.92 Å². The number of piperidine rings is 1.